The number of halogens is 6. The third kappa shape index (κ3) is 6.84. The van der Waals surface area contributed by atoms with Gasteiger partial charge in [0.1, 0.15) is 0 Å². The first kappa shape index (κ1) is 18.8. The molecule has 0 aliphatic carbocycles. The van der Waals surface area contributed by atoms with Gasteiger partial charge in [-0.3, -0.25) is 0 Å². The first-order valence-corrected chi connectivity index (χ1v) is 8.62. The van der Waals surface area contributed by atoms with Crippen LogP contribution in [0.1, 0.15) is 0 Å². The molecule has 0 aliphatic rings. The minimum absolute atomic E-state index is 0.148. The normalized spacial score (nSPS) is 14.2. The van der Waals surface area contributed by atoms with E-state index in [2.05, 4.69) is 0 Å². The van der Waals surface area contributed by atoms with Gasteiger partial charge in [-0.1, -0.05) is 18.2 Å². The van der Waals surface area contributed by atoms with E-state index in [-0.39, 0.29) is 11.5 Å². The molecule has 136 valence electrons. The van der Waals surface area contributed by atoms with Gasteiger partial charge in [0, 0.05) is 12.1 Å². The van der Waals surface area contributed by atoms with Crippen LogP contribution in [0.25, 0.3) is 22.3 Å². The topological polar surface area (TPSA) is 51.8 Å². The van der Waals surface area contributed by atoms with Crippen molar-refractivity contribution < 1.29 is 39.8 Å². The van der Waals surface area contributed by atoms with Crippen molar-refractivity contribution in [3.05, 3.63) is 54.6 Å². The van der Waals surface area contributed by atoms with Crippen LogP contribution in [-0.4, -0.2) is 10.2 Å². The van der Waals surface area contributed by atoms with Crippen LogP contribution in [0.5, 0.6) is 11.5 Å². The van der Waals surface area contributed by atoms with E-state index in [4.69, 9.17) is 4.42 Å². The molecule has 3 rings (SSSR count). The molecule has 1 heterocycles. The Labute approximate surface area is 137 Å². The number of aromatic hydroxyl groups is 2. The SMILES string of the molecule is F[P-](F)(F)(F)(F)F.Oc1cc2ccc(-c3ccccc3)[o+]c2cc1O. The number of benzene rings is 2. The van der Waals surface area contributed by atoms with Gasteiger partial charge in [0.25, 0.3) is 0 Å². The van der Waals surface area contributed by atoms with E-state index in [0.717, 1.165) is 10.9 Å². The Kier molecular flexibility index (Phi) is 4.13. The van der Waals surface area contributed by atoms with Gasteiger partial charge in [0.05, 0.1) is 17.0 Å². The zero-order chi connectivity index (χ0) is 18.9. The fourth-order valence-electron chi connectivity index (χ4n) is 1.87. The number of hydrogen-bond donors (Lipinski definition) is 2. The van der Waals surface area contributed by atoms with Crippen molar-refractivity contribution in [2.45, 2.75) is 0 Å². The standard InChI is InChI=1S/C15H10O3.F6P/c16-12-8-11-6-7-14(10-4-2-1-3-5-10)18-15(11)9-13(12)17;1-7(2,3,4,5)6/h1-9H,(H-,16,17);/q;-1/p+1. The molecular formula is C15H11F6O3P. The van der Waals surface area contributed by atoms with Crippen molar-refractivity contribution in [3.63, 3.8) is 0 Å². The van der Waals surface area contributed by atoms with Gasteiger partial charge in [0.15, 0.2) is 11.5 Å². The van der Waals surface area contributed by atoms with E-state index >= 15 is 0 Å². The average molecular weight is 384 g/mol. The fourth-order valence-corrected chi connectivity index (χ4v) is 1.87. The van der Waals surface area contributed by atoms with Crippen molar-refractivity contribution >= 4 is 18.8 Å². The summed E-state index contributed by atoms with van der Waals surface area (Å²) in [5.74, 6) is 0.384. The number of fused-ring (bicyclic) bond motifs is 1. The van der Waals surface area contributed by atoms with Crippen molar-refractivity contribution in [2.75, 3.05) is 0 Å². The molecule has 0 spiro atoms. The Morgan fingerprint density at radius 1 is 0.720 bits per heavy atom. The van der Waals surface area contributed by atoms with E-state index in [9.17, 15) is 35.4 Å². The van der Waals surface area contributed by atoms with Gasteiger partial charge in [-0.05, 0) is 18.2 Å². The summed E-state index contributed by atoms with van der Waals surface area (Å²) < 4.78 is 64.9. The maximum atomic E-state index is 9.87. The van der Waals surface area contributed by atoms with Crippen LogP contribution < -0.4 is 0 Å². The summed E-state index contributed by atoms with van der Waals surface area (Å²) in [6, 6.07) is 16.3. The van der Waals surface area contributed by atoms with Crippen molar-refractivity contribution in [1.82, 2.24) is 0 Å². The minimum Gasteiger partial charge on any atom is -0.504 e. The summed E-state index contributed by atoms with van der Waals surface area (Å²) in [4.78, 5) is 0. The second kappa shape index (κ2) is 5.49. The Bertz CT molecular complexity index is 900. The van der Waals surface area contributed by atoms with E-state index in [1.54, 1.807) is 0 Å². The third-order valence-corrected chi connectivity index (χ3v) is 2.80. The van der Waals surface area contributed by atoms with Crippen LogP contribution in [0.4, 0.5) is 25.2 Å². The smallest absolute Gasteiger partial charge is 0.364 e. The number of hydrogen-bond acceptors (Lipinski definition) is 2. The quantitative estimate of drug-likeness (QED) is 0.202. The zero-order valence-electron chi connectivity index (χ0n) is 12.2. The third-order valence-electron chi connectivity index (χ3n) is 2.80. The number of rotatable bonds is 1. The van der Waals surface area contributed by atoms with Crippen LogP contribution >= 0.6 is 7.81 Å². The largest absolute Gasteiger partial charge is 0.504 e. The Morgan fingerprint density at radius 3 is 1.80 bits per heavy atom. The van der Waals surface area contributed by atoms with Gasteiger partial charge in [-0.15, -0.1) is 0 Å². The molecule has 0 saturated carbocycles. The summed E-state index contributed by atoms with van der Waals surface area (Å²) in [7, 11) is -10.7. The Hall–Kier alpha value is -2.54. The van der Waals surface area contributed by atoms with E-state index < -0.39 is 7.81 Å². The van der Waals surface area contributed by atoms with E-state index in [0.29, 0.717) is 11.3 Å². The molecule has 0 saturated heterocycles. The van der Waals surface area contributed by atoms with Crippen molar-refractivity contribution in [2.24, 2.45) is 0 Å². The first-order valence-electron chi connectivity index (χ1n) is 6.60. The van der Waals surface area contributed by atoms with Gasteiger partial charge in [0.2, 0.25) is 0 Å². The summed E-state index contributed by atoms with van der Waals surface area (Å²) >= 11 is 0. The summed E-state index contributed by atoms with van der Waals surface area (Å²) in [5, 5.41) is 19.6. The predicted molar refractivity (Wildman–Crippen MR) is 83.0 cm³/mol. The minimum atomic E-state index is -10.7. The van der Waals surface area contributed by atoms with Gasteiger partial charge in [-0.25, -0.2) is 4.42 Å². The molecule has 3 nitrogen and oxygen atoms in total. The van der Waals surface area contributed by atoms with Gasteiger partial charge in [-0.2, -0.15) is 0 Å². The van der Waals surface area contributed by atoms with Crippen molar-refractivity contribution in [3.8, 4) is 22.8 Å². The number of phenols is 2. The van der Waals surface area contributed by atoms with Crippen LogP contribution in [-0.2, 0) is 0 Å². The molecule has 25 heavy (non-hydrogen) atoms. The van der Waals surface area contributed by atoms with Gasteiger partial charge >= 0.3 is 44.3 Å². The zero-order valence-corrected chi connectivity index (χ0v) is 13.1. The van der Waals surface area contributed by atoms with Gasteiger partial charge < -0.3 is 10.2 Å². The molecule has 0 unspecified atom stereocenters. The molecule has 0 fully saturated rings. The molecule has 2 aromatic carbocycles. The van der Waals surface area contributed by atoms with E-state index in [1.807, 2.05) is 42.5 Å². The van der Waals surface area contributed by atoms with E-state index in [1.165, 1.54) is 12.1 Å². The molecular weight excluding hydrogens is 373 g/mol. The summed E-state index contributed by atoms with van der Waals surface area (Å²) in [6.45, 7) is 0. The molecule has 2 N–H and O–H groups in total. The molecule has 0 atom stereocenters. The predicted octanol–water partition coefficient (Wildman–Crippen LogP) is 7.17. The van der Waals surface area contributed by atoms with Crippen LogP contribution in [0.15, 0.2) is 59.0 Å². The fraction of sp³-hybridized carbons (Fsp3) is 0. The van der Waals surface area contributed by atoms with Crippen LogP contribution in [0, 0.1) is 0 Å². The first-order chi connectivity index (χ1) is 11.2. The molecule has 0 aliphatic heterocycles. The van der Waals surface area contributed by atoms with Crippen LogP contribution in [0.3, 0.4) is 0 Å². The molecule has 0 amide bonds. The second-order valence-corrected chi connectivity index (χ2v) is 6.92. The molecule has 3 aromatic rings. The second-order valence-electron chi connectivity index (χ2n) is 5.00. The summed E-state index contributed by atoms with van der Waals surface area (Å²) in [5.41, 5.74) is 1.50. The van der Waals surface area contributed by atoms with Crippen molar-refractivity contribution in [1.29, 1.82) is 0 Å². The number of phenolic OH excluding ortho intramolecular Hbond substituents is 2. The Morgan fingerprint density at radius 2 is 1.24 bits per heavy atom. The maximum absolute atomic E-state index is 10.7. The Balaban J connectivity index is 0.000000277. The molecule has 1 aromatic heterocycles. The maximum Gasteiger partial charge on any atom is 0.364 e. The molecule has 10 heteroatoms. The monoisotopic (exact) mass is 384 g/mol. The average Bonchev–Trinajstić information content (AvgIpc) is 2.46. The molecule has 0 radical (unpaired) electrons. The summed E-state index contributed by atoms with van der Waals surface area (Å²) in [6.07, 6.45) is 0. The molecule has 0 bridgehead atoms. The van der Waals surface area contributed by atoms with Crippen LogP contribution in [0.2, 0.25) is 0 Å².